The third-order valence-corrected chi connectivity index (χ3v) is 6.26. The van der Waals surface area contributed by atoms with E-state index in [0.29, 0.717) is 16.6 Å². The number of halogens is 6. The number of rotatable bonds is 5. The van der Waals surface area contributed by atoms with E-state index >= 15 is 4.39 Å². The van der Waals surface area contributed by atoms with E-state index in [1.54, 1.807) is 28.0 Å². The fraction of sp³-hybridized carbons (Fsp3) is 0.273. The Morgan fingerprint density at radius 1 is 1.28 bits per heavy atom. The maximum atomic E-state index is 15.4. The normalized spacial score (nSPS) is 18.4. The first-order valence-corrected chi connectivity index (χ1v) is 11.0. The van der Waals surface area contributed by atoms with Gasteiger partial charge in [-0.2, -0.15) is 18.3 Å². The first-order chi connectivity index (χ1) is 17.0. The van der Waals surface area contributed by atoms with Crippen LogP contribution in [0.15, 0.2) is 30.7 Å². The van der Waals surface area contributed by atoms with Crippen LogP contribution in [-0.4, -0.2) is 43.7 Å². The molecule has 2 amide bonds. The number of nitrogens with zero attached hydrogens (tertiary/aromatic N) is 3. The van der Waals surface area contributed by atoms with Crippen molar-refractivity contribution < 1.29 is 31.5 Å². The van der Waals surface area contributed by atoms with Gasteiger partial charge in [0.1, 0.15) is 17.6 Å². The second kappa shape index (κ2) is 8.43. The fourth-order valence-corrected chi connectivity index (χ4v) is 4.34. The number of benzene rings is 1. The summed E-state index contributed by atoms with van der Waals surface area (Å²) in [6.45, 7) is 1.19. The van der Waals surface area contributed by atoms with Gasteiger partial charge < -0.3 is 15.0 Å². The number of amides is 2. The number of anilines is 1. The van der Waals surface area contributed by atoms with Crippen LogP contribution in [0.4, 0.5) is 27.8 Å². The summed E-state index contributed by atoms with van der Waals surface area (Å²) in [4.78, 5) is 27.6. The molecule has 36 heavy (non-hydrogen) atoms. The highest BCUT2D eigenvalue weighted by Crippen LogP contribution is 2.41. The van der Waals surface area contributed by atoms with Crippen molar-refractivity contribution >= 4 is 45.8 Å². The Morgan fingerprint density at radius 2 is 2.00 bits per heavy atom. The molecule has 3 aromatic heterocycles. The summed E-state index contributed by atoms with van der Waals surface area (Å²) < 4.78 is 68.2. The van der Waals surface area contributed by atoms with Gasteiger partial charge in [-0.1, -0.05) is 11.6 Å². The number of pyridine rings is 1. The Bertz CT molecular complexity index is 1530. The monoisotopic (exact) mass is 526 g/mol. The van der Waals surface area contributed by atoms with Gasteiger partial charge in [0.15, 0.2) is 5.82 Å². The first-order valence-electron chi connectivity index (χ1n) is 10.6. The lowest BCUT2D eigenvalue weighted by Crippen LogP contribution is -2.38. The molecule has 0 spiro atoms. The average molecular weight is 527 g/mol. The number of carbonyl (C=O) groups is 2. The zero-order chi connectivity index (χ0) is 25.9. The quantitative estimate of drug-likeness (QED) is 0.328. The minimum atomic E-state index is -5.15. The maximum Gasteiger partial charge on any atom is 0.471 e. The number of H-pyrrole nitrogens is 1. The zero-order valence-corrected chi connectivity index (χ0v) is 19.0. The Hall–Kier alpha value is -3.74. The van der Waals surface area contributed by atoms with Gasteiger partial charge in [0.25, 0.3) is 0 Å². The molecule has 0 radical (unpaired) electrons. The number of hydrogen-bond acceptors (Lipinski definition) is 4. The van der Waals surface area contributed by atoms with Crippen molar-refractivity contribution in [1.82, 2.24) is 24.9 Å². The number of alkyl halides is 4. The summed E-state index contributed by atoms with van der Waals surface area (Å²) in [6.07, 6.45) is -1.74. The molecule has 0 aliphatic heterocycles. The number of carbonyl (C=O) groups excluding carboxylic acids is 2. The van der Waals surface area contributed by atoms with E-state index in [1.807, 2.05) is 0 Å². The molecule has 1 fully saturated rings. The molecule has 1 saturated carbocycles. The number of aromatic amines is 1. The molecule has 1 aliphatic carbocycles. The summed E-state index contributed by atoms with van der Waals surface area (Å²) in [5.41, 5.74) is 0.828. The van der Waals surface area contributed by atoms with Crippen molar-refractivity contribution in [1.29, 1.82) is 0 Å². The molecular weight excluding hydrogens is 511 g/mol. The molecule has 0 bridgehead atoms. The van der Waals surface area contributed by atoms with Crippen LogP contribution in [0.25, 0.3) is 27.7 Å². The summed E-state index contributed by atoms with van der Waals surface area (Å²) >= 11 is 6.35. The van der Waals surface area contributed by atoms with Crippen molar-refractivity contribution in [2.24, 2.45) is 5.92 Å². The molecule has 8 nitrogen and oxygen atoms in total. The Kier molecular flexibility index (Phi) is 5.62. The lowest BCUT2D eigenvalue weighted by Gasteiger charge is -2.19. The van der Waals surface area contributed by atoms with E-state index in [4.69, 9.17) is 11.6 Å². The Morgan fingerprint density at radius 3 is 2.67 bits per heavy atom. The van der Waals surface area contributed by atoms with Crippen LogP contribution in [0.2, 0.25) is 5.02 Å². The van der Waals surface area contributed by atoms with E-state index in [0.717, 1.165) is 0 Å². The molecular formula is C22H16ClF5N6O2. The molecule has 1 unspecified atom stereocenters. The van der Waals surface area contributed by atoms with Crippen molar-refractivity contribution in [3.05, 3.63) is 47.1 Å². The standard InChI is InChI=1S/C22H16ClF5N6O2/c1-8(30-21(36)22(26,27)28)15-18(25)17(23)16(11-5-29-33-19(11)15)9-2-3-14-31-13(7-34(14)6-9)32-20(35)10-4-12(10)24/h2-3,5-8,10,12H,4H2,1H3,(H,29,33)(H,30,36)(H,32,35)/t8?,10-,12+/m1/s1. The highest BCUT2D eigenvalue weighted by molar-refractivity contribution is 6.35. The average Bonchev–Trinajstić information content (AvgIpc) is 3.16. The second-order valence-electron chi connectivity index (χ2n) is 8.43. The van der Waals surface area contributed by atoms with Crippen LogP contribution >= 0.6 is 11.6 Å². The number of aromatic nitrogens is 4. The Labute approximate surface area is 203 Å². The van der Waals surface area contributed by atoms with Crippen LogP contribution in [0, 0.1) is 11.7 Å². The lowest BCUT2D eigenvalue weighted by molar-refractivity contribution is -0.174. The van der Waals surface area contributed by atoms with Crippen molar-refractivity contribution in [2.75, 3.05) is 5.32 Å². The summed E-state index contributed by atoms with van der Waals surface area (Å²) in [6, 6.07) is 1.79. The minimum Gasteiger partial charge on any atom is -0.342 e. The highest BCUT2D eigenvalue weighted by Gasteiger charge is 2.44. The van der Waals surface area contributed by atoms with Gasteiger partial charge in [0.05, 0.1) is 34.9 Å². The molecule has 3 heterocycles. The second-order valence-corrected chi connectivity index (χ2v) is 8.80. The van der Waals surface area contributed by atoms with Crippen molar-refractivity contribution in [2.45, 2.75) is 31.7 Å². The maximum absolute atomic E-state index is 15.4. The molecule has 1 aromatic carbocycles. The lowest BCUT2D eigenvalue weighted by atomic mass is 9.96. The van der Waals surface area contributed by atoms with Crippen LogP contribution in [0.5, 0.6) is 0 Å². The fourth-order valence-electron chi connectivity index (χ4n) is 4.03. The van der Waals surface area contributed by atoms with E-state index in [9.17, 15) is 27.2 Å². The van der Waals surface area contributed by atoms with E-state index in [-0.39, 0.29) is 33.9 Å². The van der Waals surface area contributed by atoms with Gasteiger partial charge >= 0.3 is 12.1 Å². The Balaban J connectivity index is 1.53. The third-order valence-electron chi connectivity index (χ3n) is 5.91. The molecule has 0 saturated heterocycles. The molecule has 4 aromatic rings. The van der Waals surface area contributed by atoms with Crippen LogP contribution in [0.3, 0.4) is 0 Å². The zero-order valence-electron chi connectivity index (χ0n) is 18.3. The van der Waals surface area contributed by atoms with Gasteiger partial charge in [-0.15, -0.1) is 0 Å². The van der Waals surface area contributed by atoms with Gasteiger partial charge in [-0.25, -0.2) is 13.8 Å². The van der Waals surface area contributed by atoms with E-state index < -0.39 is 41.9 Å². The minimum absolute atomic E-state index is 0.0609. The number of hydrogen-bond donors (Lipinski definition) is 3. The van der Waals surface area contributed by atoms with Crippen molar-refractivity contribution in [3.63, 3.8) is 0 Å². The van der Waals surface area contributed by atoms with Gasteiger partial charge in [0, 0.05) is 28.3 Å². The van der Waals surface area contributed by atoms with Gasteiger partial charge in [-0.05, 0) is 25.5 Å². The highest BCUT2D eigenvalue weighted by atomic mass is 35.5. The van der Waals surface area contributed by atoms with E-state index in [1.165, 1.54) is 19.3 Å². The van der Waals surface area contributed by atoms with E-state index in [2.05, 4.69) is 20.5 Å². The van der Waals surface area contributed by atoms with Crippen LogP contribution < -0.4 is 10.6 Å². The summed E-state index contributed by atoms with van der Waals surface area (Å²) in [5, 5.41) is 10.6. The molecule has 3 atom stereocenters. The van der Waals surface area contributed by atoms with Crippen LogP contribution in [-0.2, 0) is 9.59 Å². The summed E-state index contributed by atoms with van der Waals surface area (Å²) in [7, 11) is 0. The molecule has 3 N–H and O–H groups in total. The SMILES string of the molecule is CC(NC(=O)C(F)(F)F)c1c(F)c(Cl)c(-c2ccc3nc(NC(=O)[C@@H]4C[C@@H]4F)cn3c2)c2cn[nH]c12. The number of imidazole rings is 1. The summed E-state index contributed by atoms with van der Waals surface area (Å²) in [5.74, 6) is -4.21. The largest absolute Gasteiger partial charge is 0.471 e. The van der Waals surface area contributed by atoms with Crippen LogP contribution in [0.1, 0.15) is 24.9 Å². The molecule has 188 valence electrons. The molecule has 1 aliphatic rings. The topological polar surface area (TPSA) is 104 Å². The predicted octanol–water partition coefficient (Wildman–Crippen LogP) is 4.71. The van der Waals surface area contributed by atoms with Gasteiger partial charge in [-0.3, -0.25) is 14.7 Å². The third kappa shape index (κ3) is 4.12. The molecule has 5 rings (SSSR count). The predicted molar refractivity (Wildman–Crippen MR) is 119 cm³/mol. The first kappa shape index (κ1) is 24.0. The number of fused-ring (bicyclic) bond motifs is 2. The number of nitrogens with one attached hydrogen (secondary N) is 3. The molecule has 14 heteroatoms. The van der Waals surface area contributed by atoms with Crippen molar-refractivity contribution in [3.8, 4) is 11.1 Å². The van der Waals surface area contributed by atoms with Gasteiger partial charge in [0.2, 0.25) is 5.91 Å². The smallest absolute Gasteiger partial charge is 0.342 e.